The van der Waals surface area contributed by atoms with Crippen molar-refractivity contribution in [2.75, 3.05) is 6.61 Å². The molecular formula is C31H38F2O3. The number of hydrogen-bond donors (Lipinski definition) is 0. The van der Waals surface area contributed by atoms with Crippen molar-refractivity contribution in [3.8, 4) is 23.3 Å². The molecule has 0 N–H and O–H groups in total. The van der Waals surface area contributed by atoms with Gasteiger partial charge in [0.1, 0.15) is 5.75 Å². The molecule has 0 spiro atoms. The molecule has 3 nitrogen and oxygen atoms in total. The highest BCUT2D eigenvalue weighted by Gasteiger charge is 2.27. The maximum atomic E-state index is 14.5. The van der Waals surface area contributed by atoms with E-state index < -0.39 is 11.6 Å². The molecule has 0 atom stereocenters. The summed E-state index contributed by atoms with van der Waals surface area (Å²) in [4.78, 5) is 12.5. The Morgan fingerprint density at radius 2 is 1.56 bits per heavy atom. The summed E-state index contributed by atoms with van der Waals surface area (Å²) in [7, 11) is 0. The standard InChI is InChI=1S/C31H38F2O3/c1-3-5-6-7-8-9-22-35-28-21-18-25(29(32)30(28)33)15-12-24-13-19-27(20-14-24)36-31(34)26-16-10-23(4-2)11-17-26/h13-14,18-21,23,26H,3-11,16-17,22H2,1-2H3. The van der Waals surface area contributed by atoms with Crippen molar-refractivity contribution < 1.29 is 23.0 Å². The van der Waals surface area contributed by atoms with E-state index >= 15 is 0 Å². The van der Waals surface area contributed by atoms with Crippen molar-refractivity contribution in [3.63, 3.8) is 0 Å². The minimum atomic E-state index is -1.01. The van der Waals surface area contributed by atoms with Crippen LogP contribution in [-0.4, -0.2) is 12.6 Å². The van der Waals surface area contributed by atoms with E-state index in [0.717, 1.165) is 57.3 Å². The van der Waals surface area contributed by atoms with Crippen molar-refractivity contribution >= 4 is 5.97 Å². The zero-order chi connectivity index (χ0) is 25.8. The fourth-order valence-electron chi connectivity index (χ4n) is 4.56. The third-order valence-electron chi connectivity index (χ3n) is 6.97. The first-order valence-electron chi connectivity index (χ1n) is 13.5. The summed E-state index contributed by atoms with van der Waals surface area (Å²) in [6.07, 6.45) is 11.7. The quantitative estimate of drug-likeness (QED) is 0.136. The number of rotatable bonds is 11. The molecule has 194 valence electrons. The van der Waals surface area contributed by atoms with Crippen molar-refractivity contribution in [3.05, 3.63) is 59.2 Å². The van der Waals surface area contributed by atoms with Gasteiger partial charge in [-0.2, -0.15) is 4.39 Å². The summed E-state index contributed by atoms with van der Waals surface area (Å²) < 4.78 is 39.9. The third kappa shape index (κ3) is 8.36. The lowest BCUT2D eigenvalue weighted by molar-refractivity contribution is -0.140. The topological polar surface area (TPSA) is 35.5 Å². The number of halogens is 2. The van der Waals surface area contributed by atoms with Gasteiger partial charge in [-0.15, -0.1) is 0 Å². The highest BCUT2D eigenvalue weighted by atomic mass is 19.2. The number of benzene rings is 2. The Morgan fingerprint density at radius 3 is 2.25 bits per heavy atom. The fraction of sp³-hybridized carbons (Fsp3) is 0.516. The van der Waals surface area contributed by atoms with Crippen molar-refractivity contribution in [1.82, 2.24) is 0 Å². The van der Waals surface area contributed by atoms with Crippen LogP contribution in [0.5, 0.6) is 11.5 Å². The van der Waals surface area contributed by atoms with Crippen LogP contribution < -0.4 is 9.47 Å². The molecule has 0 saturated heterocycles. The number of ether oxygens (including phenoxy) is 2. The van der Waals surface area contributed by atoms with Crippen LogP contribution in [0.15, 0.2) is 36.4 Å². The van der Waals surface area contributed by atoms with Crippen LogP contribution >= 0.6 is 0 Å². The van der Waals surface area contributed by atoms with Gasteiger partial charge in [0.2, 0.25) is 5.82 Å². The highest BCUT2D eigenvalue weighted by molar-refractivity contribution is 5.75. The molecule has 0 amide bonds. The molecule has 1 saturated carbocycles. The molecule has 0 aliphatic heterocycles. The molecule has 0 heterocycles. The maximum Gasteiger partial charge on any atom is 0.314 e. The van der Waals surface area contributed by atoms with E-state index in [2.05, 4.69) is 25.7 Å². The van der Waals surface area contributed by atoms with E-state index in [1.807, 2.05) is 0 Å². The summed E-state index contributed by atoms with van der Waals surface area (Å²) in [6, 6.07) is 9.62. The van der Waals surface area contributed by atoms with E-state index in [9.17, 15) is 13.6 Å². The van der Waals surface area contributed by atoms with Gasteiger partial charge in [-0.1, -0.05) is 64.2 Å². The van der Waals surface area contributed by atoms with Crippen molar-refractivity contribution in [2.45, 2.75) is 84.5 Å². The number of hydrogen-bond acceptors (Lipinski definition) is 3. The molecule has 0 aromatic heterocycles. The van der Waals surface area contributed by atoms with Crippen LogP contribution in [0.3, 0.4) is 0 Å². The first kappa shape index (κ1) is 27.7. The number of carbonyl (C=O) groups is 1. The van der Waals surface area contributed by atoms with Crippen LogP contribution in [0.2, 0.25) is 0 Å². The number of unbranched alkanes of at least 4 members (excludes halogenated alkanes) is 5. The van der Waals surface area contributed by atoms with Gasteiger partial charge in [0, 0.05) is 5.56 Å². The Labute approximate surface area is 214 Å². The summed E-state index contributed by atoms with van der Waals surface area (Å²) >= 11 is 0. The molecule has 2 aromatic rings. The highest BCUT2D eigenvalue weighted by Crippen LogP contribution is 2.31. The minimum Gasteiger partial charge on any atom is -0.490 e. The third-order valence-corrected chi connectivity index (χ3v) is 6.97. The Morgan fingerprint density at radius 1 is 0.861 bits per heavy atom. The second-order valence-corrected chi connectivity index (χ2v) is 9.68. The van der Waals surface area contributed by atoms with Gasteiger partial charge in [0.05, 0.1) is 18.1 Å². The number of carbonyl (C=O) groups excluding carboxylic acids is 1. The van der Waals surface area contributed by atoms with E-state index in [-0.39, 0.29) is 23.2 Å². The van der Waals surface area contributed by atoms with E-state index in [0.29, 0.717) is 17.9 Å². The van der Waals surface area contributed by atoms with Crippen molar-refractivity contribution in [1.29, 1.82) is 0 Å². The maximum absolute atomic E-state index is 14.5. The fourth-order valence-corrected chi connectivity index (χ4v) is 4.56. The summed E-state index contributed by atoms with van der Waals surface area (Å²) in [5.41, 5.74) is 0.582. The van der Waals surface area contributed by atoms with E-state index in [4.69, 9.17) is 9.47 Å². The van der Waals surface area contributed by atoms with Crippen LogP contribution in [0.25, 0.3) is 0 Å². The molecule has 36 heavy (non-hydrogen) atoms. The molecule has 0 bridgehead atoms. The van der Waals surface area contributed by atoms with E-state index in [1.54, 1.807) is 24.3 Å². The first-order chi connectivity index (χ1) is 17.5. The van der Waals surface area contributed by atoms with Crippen LogP contribution in [0.1, 0.15) is 95.6 Å². The second-order valence-electron chi connectivity index (χ2n) is 9.68. The Balaban J connectivity index is 1.51. The normalized spacial score (nSPS) is 17.2. The second kappa shape index (κ2) is 14.6. The Kier molecular flexibility index (Phi) is 11.3. The van der Waals surface area contributed by atoms with Gasteiger partial charge in [0.15, 0.2) is 11.6 Å². The summed E-state index contributed by atoms with van der Waals surface area (Å²) in [6.45, 7) is 4.73. The van der Waals surface area contributed by atoms with Crippen LogP contribution in [-0.2, 0) is 4.79 Å². The van der Waals surface area contributed by atoms with Crippen LogP contribution in [0, 0.1) is 35.3 Å². The summed E-state index contributed by atoms with van der Waals surface area (Å²) in [5.74, 6) is 4.39. The number of esters is 1. The molecule has 0 radical (unpaired) electrons. The zero-order valence-electron chi connectivity index (χ0n) is 21.6. The molecular weight excluding hydrogens is 458 g/mol. The van der Waals surface area contributed by atoms with Crippen molar-refractivity contribution in [2.24, 2.45) is 11.8 Å². The predicted molar refractivity (Wildman–Crippen MR) is 139 cm³/mol. The molecule has 1 aliphatic carbocycles. The lowest BCUT2D eigenvalue weighted by atomic mass is 9.81. The molecule has 2 aromatic carbocycles. The average Bonchev–Trinajstić information content (AvgIpc) is 2.90. The van der Waals surface area contributed by atoms with E-state index in [1.165, 1.54) is 31.4 Å². The molecule has 3 rings (SSSR count). The SMILES string of the molecule is CCCCCCCCOc1ccc(C#Cc2ccc(OC(=O)C3CCC(CC)CC3)cc2)c(F)c1F. The monoisotopic (exact) mass is 496 g/mol. The molecule has 0 unspecified atom stereocenters. The average molecular weight is 497 g/mol. The minimum absolute atomic E-state index is 0.0300. The van der Waals surface area contributed by atoms with Gasteiger partial charge >= 0.3 is 5.97 Å². The summed E-state index contributed by atoms with van der Waals surface area (Å²) in [5, 5.41) is 0. The smallest absolute Gasteiger partial charge is 0.314 e. The predicted octanol–water partition coefficient (Wildman–Crippen LogP) is 8.23. The van der Waals surface area contributed by atoms with Gasteiger partial charge in [-0.05, 0) is 74.4 Å². The van der Waals surface area contributed by atoms with Crippen LogP contribution in [0.4, 0.5) is 8.78 Å². The van der Waals surface area contributed by atoms with Gasteiger partial charge in [-0.25, -0.2) is 4.39 Å². The lowest BCUT2D eigenvalue weighted by Gasteiger charge is -2.26. The molecule has 1 aliphatic rings. The Bertz CT molecular complexity index is 1030. The van der Waals surface area contributed by atoms with Gasteiger partial charge in [-0.3, -0.25) is 4.79 Å². The van der Waals surface area contributed by atoms with Gasteiger partial charge < -0.3 is 9.47 Å². The first-order valence-corrected chi connectivity index (χ1v) is 13.5. The molecule has 1 fully saturated rings. The molecule has 5 heteroatoms. The Hall–Kier alpha value is -2.87. The lowest BCUT2D eigenvalue weighted by Crippen LogP contribution is -2.25. The zero-order valence-corrected chi connectivity index (χ0v) is 21.6. The van der Waals surface area contributed by atoms with Gasteiger partial charge in [0.25, 0.3) is 0 Å². The largest absolute Gasteiger partial charge is 0.490 e.